The van der Waals surface area contributed by atoms with Crippen LogP contribution in [0.5, 0.6) is 5.75 Å². The van der Waals surface area contributed by atoms with E-state index in [1.807, 2.05) is 36.4 Å². The van der Waals surface area contributed by atoms with Crippen LogP contribution in [0.2, 0.25) is 0 Å². The van der Waals surface area contributed by atoms with Crippen molar-refractivity contribution in [2.45, 2.75) is 0 Å². The first-order valence-corrected chi connectivity index (χ1v) is 6.93. The van der Waals surface area contributed by atoms with E-state index in [2.05, 4.69) is 9.97 Å². The molecule has 0 radical (unpaired) electrons. The van der Waals surface area contributed by atoms with Crippen LogP contribution in [0.1, 0.15) is 0 Å². The molecule has 4 heteroatoms. The van der Waals surface area contributed by atoms with Crippen LogP contribution in [0.15, 0.2) is 65.6 Å². The maximum absolute atomic E-state index is 11.9. The molecule has 106 valence electrons. The smallest absolute Gasteiger partial charge is 0.255 e. The fourth-order valence-corrected chi connectivity index (χ4v) is 2.72. The van der Waals surface area contributed by atoms with Crippen molar-refractivity contribution in [1.82, 2.24) is 9.97 Å². The molecule has 2 aromatic carbocycles. The van der Waals surface area contributed by atoms with E-state index in [1.54, 1.807) is 24.4 Å². The van der Waals surface area contributed by atoms with E-state index >= 15 is 0 Å². The summed E-state index contributed by atoms with van der Waals surface area (Å²) in [6.45, 7) is 0. The zero-order chi connectivity index (χ0) is 15.1. The third-order valence-corrected chi connectivity index (χ3v) is 3.78. The number of pyridine rings is 2. The zero-order valence-electron chi connectivity index (χ0n) is 11.6. The van der Waals surface area contributed by atoms with Crippen LogP contribution in [-0.2, 0) is 0 Å². The number of nitrogens with one attached hydrogen (secondary N) is 1. The molecule has 0 saturated heterocycles. The Hall–Kier alpha value is -3.14. The number of phenolic OH excluding ortho intramolecular Hbond substituents is 1. The molecular weight excluding hydrogens is 276 g/mol. The second-order valence-electron chi connectivity index (χ2n) is 5.12. The number of hydrogen-bond donors (Lipinski definition) is 2. The lowest BCUT2D eigenvalue weighted by atomic mass is 10.0. The highest BCUT2D eigenvalue weighted by molar-refractivity contribution is 5.99. The molecule has 2 heterocycles. The van der Waals surface area contributed by atoms with Gasteiger partial charge in [0.05, 0.1) is 16.6 Å². The van der Waals surface area contributed by atoms with Gasteiger partial charge in [0.2, 0.25) is 0 Å². The van der Waals surface area contributed by atoms with Crippen molar-refractivity contribution < 1.29 is 5.11 Å². The molecule has 0 aliphatic heterocycles. The van der Waals surface area contributed by atoms with E-state index in [-0.39, 0.29) is 11.3 Å². The number of nitrogens with zero attached hydrogens (tertiary/aromatic N) is 1. The Morgan fingerprint density at radius 2 is 1.82 bits per heavy atom. The minimum absolute atomic E-state index is 0.0774. The molecule has 4 aromatic rings. The maximum Gasteiger partial charge on any atom is 0.255 e. The van der Waals surface area contributed by atoms with Crippen LogP contribution in [0.25, 0.3) is 32.9 Å². The summed E-state index contributed by atoms with van der Waals surface area (Å²) in [6.07, 6.45) is 1.60. The minimum Gasteiger partial charge on any atom is -0.507 e. The number of rotatable bonds is 1. The maximum atomic E-state index is 11.9. The largest absolute Gasteiger partial charge is 0.507 e. The van der Waals surface area contributed by atoms with Gasteiger partial charge in [-0.2, -0.15) is 0 Å². The van der Waals surface area contributed by atoms with Gasteiger partial charge in [0, 0.05) is 22.5 Å². The molecule has 0 aliphatic carbocycles. The highest BCUT2D eigenvalue weighted by Gasteiger charge is 2.12. The predicted octanol–water partition coefficient (Wildman–Crippen LogP) is 3.45. The summed E-state index contributed by atoms with van der Waals surface area (Å²) in [5.41, 5.74) is 2.06. The first kappa shape index (κ1) is 12.6. The Morgan fingerprint density at radius 3 is 2.73 bits per heavy atom. The number of H-pyrrole nitrogens is 1. The minimum atomic E-state index is -0.226. The molecule has 0 spiro atoms. The molecular formula is C18H12N2O2. The van der Waals surface area contributed by atoms with Crippen molar-refractivity contribution in [3.63, 3.8) is 0 Å². The molecule has 0 atom stereocenters. The molecule has 0 unspecified atom stereocenters. The number of aromatic nitrogens is 2. The van der Waals surface area contributed by atoms with Crippen LogP contribution >= 0.6 is 0 Å². The Balaban J connectivity index is 2.08. The van der Waals surface area contributed by atoms with Crippen LogP contribution in [0.4, 0.5) is 0 Å². The second-order valence-corrected chi connectivity index (χ2v) is 5.12. The normalized spacial score (nSPS) is 11.1. The van der Waals surface area contributed by atoms with Gasteiger partial charge >= 0.3 is 0 Å². The first-order valence-electron chi connectivity index (χ1n) is 6.93. The summed E-state index contributed by atoms with van der Waals surface area (Å²) in [4.78, 5) is 19.3. The average molecular weight is 288 g/mol. The summed E-state index contributed by atoms with van der Waals surface area (Å²) in [5.74, 6) is 0.0774. The van der Waals surface area contributed by atoms with Gasteiger partial charge in [-0.3, -0.25) is 4.79 Å². The summed E-state index contributed by atoms with van der Waals surface area (Å²) >= 11 is 0. The van der Waals surface area contributed by atoms with E-state index in [1.165, 1.54) is 0 Å². The number of hydrogen-bond acceptors (Lipinski definition) is 3. The van der Waals surface area contributed by atoms with E-state index in [0.717, 1.165) is 10.9 Å². The van der Waals surface area contributed by atoms with Gasteiger partial charge < -0.3 is 10.1 Å². The molecule has 0 fully saturated rings. The number of aromatic hydroxyl groups is 1. The van der Waals surface area contributed by atoms with Gasteiger partial charge in [0.15, 0.2) is 0 Å². The van der Waals surface area contributed by atoms with Crippen molar-refractivity contribution >= 4 is 21.7 Å². The molecule has 4 rings (SSSR count). The van der Waals surface area contributed by atoms with E-state index in [9.17, 15) is 9.90 Å². The van der Waals surface area contributed by atoms with Gasteiger partial charge in [-0.15, -0.1) is 0 Å². The van der Waals surface area contributed by atoms with Crippen molar-refractivity contribution in [3.8, 4) is 17.0 Å². The fourth-order valence-electron chi connectivity index (χ4n) is 2.72. The number of phenols is 1. The lowest BCUT2D eigenvalue weighted by molar-refractivity contribution is 0.481. The number of benzene rings is 2. The van der Waals surface area contributed by atoms with Gasteiger partial charge in [0.1, 0.15) is 5.75 Å². The average Bonchev–Trinajstić information content (AvgIpc) is 2.55. The lowest BCUT2D eigenvalue weighted by Gasteiger charge is -2.08. The molecule has 0 amide bonds. The second kappa shape index (κ2) is 4.70. The van der Waals surface area contributed by atoms with Gasteiger partial charge in [-0.25, -0.2) is 4.98 Å². The van der Waals surface area contributed by atoms with E-state index < -0.39 is 0 Å². The highest BCUT2D eigenvalue weighted by Crippen LogP contribution is 2.32. The van der Waals surface area contributed by atoms with Crippen molar-refractivity contribution in [3.05, 3.63) is 71.1 Å². The Labute approximate surface area is 125 Å². The third kappa shape index (κ3) is 1.85. The van der Waals surface area contributed by atoms with Gasteiger partial charge in [0.25, 0.3) is 5.56 Å². The summed E-state index contributed by atoms with van der Waals surface area (Å²) in [7, 11) is 0. The number of aromatic amines is 1. The molecule has 22 heavy (non-hydrogen) atoms. The van der Waals surface area contributed by atoms with Crippen LogP contribution in [0.3, 0.4) is 0 Å². The molecule has 2 aromatic heterocycles. The molecule has 0 saturated carbocycles. The monoisotopic (exact) mass is 288 g/mol. The molecule has 2 N–H and O–H groups in total. The molecule has 0 aliphatic rings. The van der Waals surface area contributed by atoms with Gasteiger partial charge in [-0.05, 0) is 24.3 Å². The summed E-state index contributed by atoms with van der Waals surface area (Å²) in [6, 6.07) is 16.6. The fraction of sp³-hybridized carbons (Fsp3) is 0. The van der Waals surface area contributed by atoms with Crippen LogP contribution in [0, 0.1) is 0 Å². The van der Waals surface area contributed by atoms with Crippen molar-refractivity contribution in [1.29, 1.82) is 0 Å². The quantitative estimate of drug-likeness (QED) is 0.564. The molecule has 0 bridgehead atoms. The van der Waals surface area contributed by atoms with Crippen molar-refractivity contribution in [2.24, 2.45) is 0 Å². The Morgan fingerprint density at radius 1 is 0.955 bits per heavy atom. The SMILES string of the molecule is O=c1[nH]cc(-c2ccc3ccccc3n2)c2c(O)cccc12. The standard InChI is InChI=1S/C18H12N2O2/c21-16-7-3-5-12-17(16)13(10-19-18(12)22)15-9-8-11-4-1-2-6-14(11)20-15/h1-10,21H,(H,19,22). The molecule has 4 nitrogen and oxygen atoms in total. The van der Waals surface area contributed by atoms with Crippen LogP contribution < -0.4 is 5.56 Å². The zero-order valence-corrected chi connectivity index (χ0v) is 11.6. The topological polar surface area (TPSA) is 66.0 Å². The van der Waals surface area contributed by atoms with Crippen molar-refractivity contribution in [2.75, 3.05) is 0 Å². The summed E-state index contributed by atoms with van der Waals surface area (Å²) < 4.78 is 0. The lowest BCUT2D eigenvalue weighted by Crippen LogP contribution is -2.06. The Bertz CT molecular complexity index is 1070. The number of para-hydroxylation sites is 1. The van der Waals surface area contributed by atoms with Crippen LogP contribution in [-0.4, -0.2) is 15.1 Å². The van der Waals surface area contributed by atoms with E-state index in [4.69, 9.17) is 0 Å². The third-order valence-electron chi connectivity index (χ3n) is 3.78. The number of fused-ring (bicyclic) bond motifs is 2. The first-order chi connectivity index (χ1) is 10.7. The Kier molecular flexibility index (Phi) is 2.69. The van der Waals surface area contributed by atoms with E-state index in [0.29, 0.717) is 22.0 Å². The van der Waals surface area contributed by atoms with Gasteiger partial charge in [-0.1, -0.05) is 30.3 Å². The highest BCUT2D eigenvalue weighted by atomic mass is 16.3. The summed E-state index contributed by atoms with van der Waals surface area (Å²) in [5, 5.41) is 12.2. The predicted molar refractivity (Wildman–Crippen MR) is 87.0 cm³/mol.